The van der Waals surface area contributed by atoms with E-state index in [0.29, 0.717) is 12.3 Å². The molecule has 0 aromatic heterocycles. The normalized spacial score (nSPS) is 40.4. The maximum Gasteiger partial charge on any atom is 0.235 e. The van der Waals surface area contributed by atoms with Crippen molar-refractivity contribution >= 4 is 17.5 Å². The highest BCUT2D eigenvalue weighted by atomic mass is 16.3. The molecule has 0 bridgehead atoms. The zero-order valence-electron chi connectivity index (χ0n) is 18.3. The molecule has 0 aromatic rings. The van der Waals surface area contributed by atoms with E-state index in [2.05, 4.69) is 39.1 Å². The van der Waals surface area contributed by atoms with Crippen molar-refractivity contribution < 1.29 is 19.5 Å². The minimum Gasteiger partial charge on any atom is -0.385 e. The van der Waals surface area contributed by atoms with Crippen LogP contribution >= 0.6 is 0 Å². The molecule has 29 heavy (non-hydrogen) atoms. The second-order valence-corrected chi connectivity index (χ2v) is 9.79. The van der Waals surface area contributed by atoms with Crippen LogP contribution < -0.4 is 5.32 Å². The molecule has 3 rings (SSSR count). The zero-order chi connectivity index (χ0) is 21.5. The number of Topliss-reactive ketones (excluding diaryl/α,β-unsaturated/α-hetero) is 2. The van der Waals surface area contributed by atoms with Crippen LogP contribution in [0, 0.1) is 29.1 Å². The number of allylic oxidation sites excluding steroid dienone is 4. The summed E-state index contributed by atoms with van der Waals surface area (Å²) >= 11 is 0. The molecule has 2 aliphatic carbocycles. The third-order valence-corrected chi connectivity index (χ3v) is 7.31. The number of hydrogen-bond acceptors (Lipinski definition) is 4. The first kappa shape index (κ1) is 21.9. The third-order valence-electron chi connectivity index (χ3n) is 7.31. The van der Waals surface area contributed by atoms with Gasteiger partial charge in [0.1, 0.15) is 17.3 Å². The molecular weight excluding hydrogens is 366 g/mol. The summed E-state index contributed by atoms with van der Waals surface area (Å²) < 4.78 is 0. The Bertz CT molecular complexity index is 765. The van der Waals surface area contributed by atoms with Crippen molar-refractivity contribution in [2.75, 3.05) is 0 Å². The summed E-state index contributed by atoms with van der Waals surface area (Å²) in [6.45, 7) is 10.4. The van der Waals surface area contributed by atoms with Crippen LogP contribution in [0.15, 0.2) is 23.3 Å². The average molecular weight is 402 g/mol. The molecule has 1 amide bonds. The van der Waals surface area contributed by atoms with Crippen molar-refractivity contribution in [2.45, 2.75) is 78.9 Å². The van der Waals surface area contributed by atoms with Gasteiger partial charge in [-0.1, -0.05) is 44.1 Å². The minimum atomic E-state index is -1.15. The van der Waals surface area contributed by atoms with E-state index in [4.69, 9.17) is 0 Å². The SMILES string of the molecule is CC1=C[C@@H]2/C=C(\C)CCC(=O)[C@H](O)CCC(=O)[C@]23C(=O)N[C@@H](CC(C)C)[C@@H]3[C@@H]1C. The molecule has 160 valence electrons. The Labute approximate surface area is 174 Å². The van der Waals surface area contributed by atoms with E-state index in [9.17, 15) is 19.5 Å². The molecule has 1 aliphatic heterocycles. The van der Waals surface area contributed by atoms with Crippen LogP contribution in [0.25, 0.3) is 0 Å². The fraction of sp³-hybridized carbons (Fsp3) is 0.708. The van der Waals surface area contributed by atoms with Gasteiger partial charge in [0.15, 0.2) is 5.78 Å². The number of carbonyl (C=O) groups is 3. The van der Waals surface area contributed by atoms with Crippen LogP contribution in [0.4, 0.5) is 0 Å². The Morgan fingerprint density at radius 2 is 1.83 bits per heavy atom. The molecule has 5 nitrogen and oxygen atoms in total. The molecule has 0 radical (unpaired) electrons. The molecule has 0 aromatic carbocycles. The van der Waals surface area contributed by atoms with Gasteiger partial charge in [-0.25, -0.2) is 0 Å². The molecule has 0 unspecified atom stereocenters. The predicted octanol–water partition coefficient (Wildman–Crippen LogP) is 3.37. The van der Waals surface area contributed by atoms with E-state index < -0.39 is 11.5 Å². The number of carbonyl (C=O) groups excluding carboxylic acids is 3. The lowest BCUT2D eigenvalue weighted by Gasteiger charge is -2.45. The predicted molar refractivity (Wildman–Crippen MR) is 112 cm³/mol. The third kappa shape index (κ3) is 3.74. The van der Waals surface area contributed by atoms with Gasteiger partial charge in [0, 0.05) is 30.7 Å². The maximum absolute atomic E-state index is 13.7. The zero-order valence-corrected chi connectivity index (χ0v) is 18.3. The average Bonchev–Trinajstić information content (AvgIpc) is 2.93. The summed E-state index contributed by atoms with van der Waals surface area (Å²) in [4.78, 5) is 39.4. The Balaban J connectivity index is 2.16. The van der Waals surface area contributed by atoms with Crippen molar-refractivity contribution in [3.05, 3.63) is 23.3 Å². The van der Waals surface area contributed by atoms with Crippen LogP contribution in [0.3, 0.4) is 0 Å². The Kier molecular flexibility index (Phi) is 6.19. The van der Waals surface area contributed by atoms with Gasteiger partial charge in [-0.2, -0.15) is 0 Å². The highest BCUT2D eigenvalue weighted by Gasteiger charge is 2.65. The van der Waals surface area contributed by atoms with E-state index in [0.717, 1.165) is 12.0 Å². The molecule has 3 aliphatic rings. The van der Waals surface area contributed by atoms with Crippen molar-refractivity contribution in [1.29, 1.82) is 0 Å². The number of rotatable bonds is 2. The van der Waals surface area contributed by atoms with E-state index in [1.54, 1.807) is 0 Å². The fourth-order valence-electron chi connectivity index (χ4n) is 5.72. The molecular formula is C24H35NO4. The summed E-state index contributed by atoms with van der Waals surface area (Å²) in [6.07, 6.45) is 4.78. The number of aliphatic hydroxyl groups excluding tert-OH is 1. The van der Waals surface area contributed by atoms with Crippen LogP contribution in [-0.4, -0.2) is 34.7 Å². The summed E-state index contributed by atoms with van der Waals surface area (Å²) in [5, 5.41) is 13.4. The van der Waals surface area contributed by atoms with Gasteiger partial charge in [0.2, 0.25) is 5.91 Å². The number of ketones is 2. The number of amides is 1. The monoisotopic (exact) mass is 401 g/mol. The van der Waals surface area contributed by atoms with Crippen molar-refractivity contribution in [3.63, 3.8) is 0 Å². The molecule has 0 saturated carbocycles. The van der Waals surface area contributed by atoms with Gasteiger partial charge in [-0.15, -0.1) is 0 Å². The molecule has 6 atom stereocenters. The van der Waals surface area contributed by atoms with Gasteiger partial charge in [0.05, 0.1) is 0 Å². The first-order valence-corrected chi connectivity index (χ1v) is 11.0. The second kappa shape index (κ2) is 8.17. The van der Waals surface area contributed by atoms with Gasteiger partial charge >= 0.3 is 0 Å². The Hall–Kier alpha value is -1.75. The van der Waals surface area contributed by atoms with Crippen LogP contribution in [0.2, 0.25) is 0 Å². The fourth-order valence-corrected chi connectivity index (χ4v) is 5.72. The minimum absolute atomic E-state index is 0.0435. The van der Waals surface area contributed by atoms with Crippen LogP contribution in [0.5, 0.6) is 0 Å². The smallest absolute Gasteiger partial charge is 0.235 e. The molecule has 1 spiro atoms. The number of hydrogen-bond donors (Lipinski definition) is 2. The van der Waals surface area contributed by atoms with E-state index >= 15 is 0 Å². The van der Waals surface area contributed by atoms with Gasteiger partial charge in [0.25, 0.3) is 0 Å². The van der Waals surface area contributed by atoms with E-state index in [1.807, 2.05) is 13.0 Å². The number of nitrogens with one attached hydrogen (secondary N) is 1. The molecule has 1 fully saturated rings. The van der Waals surface area contributed by atoms with Crippen LogP contribution in [0.1, 0.15) is 66.7 Å². The second-order valence-electron chi connectivity index (χ2n) is 9.79. The van der Waals surface area contributed by atoms with Gasteiger partial charge < -0.3 is 10.4 Å². The number of aliphatic hydroxyl groups is 1. The summed E-state index contributed by atoms with van der Waals surface area (Å²) in [5.74, 6) is -0.438. The standard InChI is InChI=1S/C24H35NO4/c1-13(2)10-18-22-16(5)15(4)12-17-11-14(3)6-7-19(26)20(27)8-9-21(28)24(17,22)23(29)25-18/h11-13,16-18,20,22,27H,6-10H2,1-5H3,(H,25,29)/b14-11+/t16-,17+,18+,20-,22+,24-/m1/s1. The first-order chi connectivity index (χ1) is 13.6. The quantitative estimate of drug-likeness (QED) is 0.549. The summed E-state index contributed by atoms with van der Waals surface area (Å²) in [7, 11) is 0. The van der Waals surface area contributed by atoms with E-state index in [1.165, 1.54) is 5.57 Å². The summed E-state index contributed by atoms with van der Waals surface area (Å²) in [6, 6.07) is -0.0435. The van der Waals surface area contributed by atoms with Crippen LogP contribution in [-0.2, 0) is 14.4 Å². The highest BCUT2D eigenvalue weighted by Crippen LogP contribution is 2.55. The maximum atomic E-state index is 13.7. The lowest BCUT2D eigenvalue weighted by Crippen LogP contribution is -2.52. The molecule has 2 N–H and O–H groups in total. The Morgan fingerprint density at radius 3 is 2.48 bits per heavy atom. The summed E-state index contributed by atoms with van der Waals surface area (Å²) in [5.41, 5.74) is 1.05. The largest absolute Gasteiger partial charge is 0.385 e. The molecule has 1 saturated heterocycles. The first-order valence-electron chi connectivity index (χ1n) is 11.0. The molecule has 1 heterocycles. The van der Waals surface area contributed by atoms with Crippen molar-refractivity contribution in [1.82, 2.24) is 5.32 Å². The van der Waals surface area contributed by atoms with Crippen molar-refractivity contribution in [2.24, 2.45) is 29.1 Å². The topological polar surface area (TPSA) is 83.5 Å². The van der Waals surface area contributed by atoms with Gasteiger partial charge in [-0.3, -0.25) is 14.4 Å². The molecule has 5 heteroatoms. The van der Waals surface area contributed by atoms with Crippen molar-refractivity contribution in [3.8, 4) is 0 Å². The Morgan fingerprint density at radius 1 is 1.14 bits per heavy atom. The van der Waals surface area contributed by atoms with Gasteiger partial charge in [-0.05, 0) is 44.9 Å². The van der Waals surface area contributed by atoms with E-state index in [-0.39, 0.29) is 60.5 Å². The lowest BCUT2D eigenvalue weighted by atomic mass is 9.54. The highest BCUT2D eigenvalue weighted by molar-refractivity contribution is 6.09. The lowest BCUT2D eigenvalue weighted by molar-refractivity contribution is -0.145.